The minimum absolute atomic E-state index is 0. The third-order valence-corrected chi connectivity index (χ3v) is 3.67. The number of rotatable bonds is 3. The molecule has 112 valence electrons. The average molecular weight is 324 g/mol. The van der Waals surface area contributed by atoms with Crippen molar-refractivity contribution in [1.29, 1.82) is 0 Å². The molecule has 0 saturated carbocycles. The molecule has 0 aliphatic rings. The van der Waals surface area contributed by atoms with Gasteiger partial charge in [-0.15, -0.1) is 0 Å². The van der Waals surface area contributed by atoms with Gasteiger partial charge in [0.1, 0.15) is 5.75 Å². The zero-order valence-corrected chi connectivity index (χ0v) is 16.4. The Morgan fingerprint density at radius 1 is 1.18 bits per heavy atom. The second-order valence-electron chi connectivity index (χ2n) is 4.33. The van der Waals surface area contributed by atoms with Crippen molar-refractivity contribution in [3.8, 4) is 5.75 Å². The second-order valence-corrected chi connectivity index (χ2v) is 5.21. The molecule has 0 amide bonds. The first kappa shape index (κ1) is 20.9. The number of nitrogen functional groups attached to an aromatic ring is 1. The maximum atomic E-state index is 9.19. The van der Waals surface area contributed by atoms with E-state index in [0.29, 0.717) is 5.75 Å². The normalized spacial score (nSPS) is 9.59. The maximum Gasteiger partial charge on any atom is 1.00 e. The Bertz CT molecular complexity index is 586. The summed E-state index contributed by atoms with van der Waals surface area (Å²) in [7, 11) is 1.88. The molecular formula is C17H21N2NaOS. The number of aromatic hydroxyl groups is 1. The Morgan fingerprint density at radius 2 is 1.82 bits per heavy atom. The van der Waals surface area contributed by atoms with Crippen molar-refractivity contribution in [2.75, 3.05) is 18.1 Å². The minimum Gasteiger partial charge on any atom is -0.508 e. The number of nitrogens with two attached hydrogens (primary N) is 1. The van der Waals surface area contributed by atoms with Crippen molar-refractivity contribution in [2.24, 2.45) is 0 Å². The van der Waals surface area contributed by atoms with E-state index in [1.807, 2.05) is 57.3 Å². The molecule has 2 rings (SSSR count). The summed E-state index contributed by atoms with van der Waals surface area (Å²) in [6.07, 6.45) is 1.86. The number of anilines is 2. The van der Waals surface area contributed by atoms with Crippen LogP contribution in [-0.2, 0) is 0 Å². The fourth-order valence-corrected chi connectivity index (χ4v) is 2.12. The summed E-state index contributed by atoms with van der Waals surface area (Å²) in [4.78, 5) is 1.05. The molecule has 0 fully saturated rings. The van der Waals surface area contributed by atoms with E-state index in [9.17, 15) is 5.11 Å². The first-order chi connectivity index (χ1) is 10.1. The second kappa shape index (κ2) is 11.5. The minimum atomic E-state index is 0. The van der Waals surface area contributed by atoms with E-state index in [1.165, 1.54) is 11.8 Å². The fourth-order valence-electron chi connectivity index (χ4n) is 1.47. The van der Waals surface area contributed by atoms with Crippen LogP contribution in [0.3, 0.4) is 0 Å². The van der Waals surface area contributed by atoms with Gasteiger partial charge in [0.05, 0.1) is 0 Å². The predicted octanol–water partition coefficient (Wildman–Crippen LogP) is 1.44. The van der Waals surface area contributed by atoms with Crippen LogP contribution in [0.1, 0.15) is 12.5 Å². The summed E-state index contributed by atoms with van der Waals surface area (Å²) in [5, 5.41) is 15.2. The van der Waals surface area contributed by atoms with E-state index >= 15 is 0 Å². The topological polar surface area (TPSA) is 58.3 Å². The summed E-state index contributed by atoms with van der Waals surface area (Å²) < 4.78 is 0. The molecule has 3 nitrogen and oxygen atoms in total. The molecule has 2 aromatic rings. The number of aryl methyl sites for hydroxylation is 1. The number of phenolic OH excluding ortho intramolecular Hbond substituents is 1. The van der Waals surface area contributed by atoms with Gasteiger partial charge in [-0.1, -0.05) is 13.0 Å². The van der Waals surface area contributed by atoms with Crippen LogP contribution >= 0.6 is 11.8 Å². The fraction of sp³-hybridized carbons (Fsp3) is 0.176. The summed E-state index contributed by atoms with van der Waals surface area (Å²) >= 11 is 1.50. The van der Waals surface area contributed by atoms with E-state index < -0.39 is 0 Å². The zero-order chi connectivity index (χ0) is 15.7. The molecule has 0 saturated heterocycles. The van der Waals surface area contributed by atoms with Crippen LogP contribution < -0.4 is 40.6 Å². The molecule has 0 unspecified atom stereocenters. The SMILES string of the molecule is CC=[C-]Sc1cc(O)ccc1C.CNc1ccc(N)cc1.[Na+]. The van der Waals surface area contributed by atoms with Crippen LogP contribution in [0, 0.1) is 12.3 Å². The van der Waals surface area contributed by atoms with Gasteiger partial charge in [0, 0.05) is 18.4 Å². The van der Waals surface area contributed by atoms with Gasteiger partial charge in [0.25, 0.3) is 0 Å². The number of hydrogen-bond acceptors (Lipinski definition) is 4. The molecule has 2 aromatic carbocycles. The van der Waals surface area contributed by atoms with Crippen LogP contribution in [0.15, 0.2) is 53.4 Å². The van der Waals surface area contributed by atoms with Gasteiger partial charge >= 0.3 is 29.6 Å². The largest absolute Gasteiger partial charge is 1.00 e. The molecule has 4 N–H and O–H groups in total. The molecular weight excluding hydrogens is 303 g/mol. The summed E-state index contributed by atoms with van der Waals surface area (Å²) in [5.74, 6) is 0.306. The zero-order valence-electron chi connectivity index (χ0n) is 13.6. The van der Waals surface area contributed by atoms with Gasteiger partial charge in [0.2, 0.25) is 0 Å². The van der Waals surface area contributed by atoms with Crippen LogP contribution in [0.2, 0.25) is 0 Å². The van der Waals surface area contributed by atoms with E-state index in [2.05, 4.69) is 10.7 Å². The Balaban J connectivity index is 0.000000397. The monoisotopic (exact) mass is 324 g/mol. The molecule has 0 aromatic heterocycles. The molecule has 0 radical (unpaired) electrons. The number of hydrogen-bond donors (Lipinski definition) is 3. The molecule has 5 heteroatoms. The van der Waals surface area contributed by atoms with Gasteiger partial charge in [-0.2, -0.15) is 0 Å². The Hall–Kier alpha value is -1.07. The number of thioether (sulfide) groups is 1. The van der Waals surface area contributed by atoms with E-state index in [4.69, 9.17) is 5.73 Å². The molecule has 0 aliphatic heterocycles. The van der Waals surface area contributed by atoms with E-state index in [-0.39, 0.29) is 29.6 Å². The Labute approximate surface area is 159 Å². The van der Waals surface area contributed by atoms with Crippen LogP contribution in [0.25, 0.3) is 0 Å². The molecule has 0 bridgehead atoms. The van der Waals surface area contributed by atoms with E-state index in [0.717, 1.165) is 21.8 Å². The van der Waals surface area contributed by atoms with Crippen LogP contribution in [0.5, 0.6) is 5.75 Å². The van der Waals surface area contributed by atoms with Gasteiger partial charge in [0.15, 0.2) is 0 Å². The molecule has 22 heavy (non-hydrogen) atoms. The van der Waals surface area contributed by atoms with Gasteiger partial charge in [-0.25, -0.2) is 0 Å². The van der Waals surface area contributed by atoms with Crippen molar-refractivity contribution < 1.29 is 34.7 Å². The standard InChI is InChI=1S/C10H11OS.C7H10N2.Na/c1-3-6-12-10-7-9(11)5-4-8(10)2;1-9-7-4-2-6(8)3-5-7;/h3-5,7,11H,1-2H3;2-5,9H,8H2,1H3;/q-1;;+1. The van der Waals surface area contributed by atoms with Gasteiger partial charge in [-0.3, -0.25) is 6.08 Å². The number of nitrogens with one attached hydrogen (secondary N) is 1. The molecule has 0 aliphatic carbocycles. The number of allylic oxidation sites excluding steroid dienone is 1. The van der Waals surface area contributed by atoms with Gasteiger partial charge < -0.3 is 33.3 Å². The van der Waals surface area contributed by atoms with Gasteiger partial charge in [-0.05, 0) is 53.8 Å². The van der Waals surface area contributed by atoms with Crippen molar-refractivity contribution in [2.45, 2.75) is 18.7 Å². The predicted molar refractivity (Wildman–Crippen MR) is 92.6 cm³/mol. The van der Waals surface area contributed by atoms with Crippen molar-refractivity contribution in [1.82, 2.24) is 0 Å². The van der Waals surface area contributed by atoms with Crippen molar-refractivity contribution >= 4 is 23.1 Å². The number of phenols is 1. The first-order valence-electron chi connectivity index (χ1n) is 6.60. The average Bonchev–Trinajstić information content (AvgIpc) is 2.50. The Kier molecular flexibility index (Phi) is 10.9. The summed E-state index contributed by atoms with van der Waals surface area (Å²) in [6.45, 7) is 3.93. The van der Waals surface area contributed by atoms with Crippen LogP contribution in [0.4, 0.5) is 11.4 Å². The quantitative estimate of drug-likeness (QED) is 0.346. The summed E-state index contributed by atoms with van der Waals surface area (Å²) in [5.41, 5.74) is 8.50. The molecule has 0 atom stereocenters. The maximum absolute atomic E-state index is 9.19. The Morgan fingerprint density at radius 3 is 2.36 bits per heavy atom. The summed E-state index contributed by atoms with van der Waals surface area (Å²) in [6, 6.07) is 12.9. The van der Waals surface area contributed by atoms with Crippen molar-refractivity contribution in [3.63, 3.8) is 0 Å². The smallest absolute Gasteiger partial charge is 0.508 e. The third-order valence-electron chi connectivity index (χ3n) is 2.66. The van der Waals surface area contributed by atoms with Crippen molar-refractivity contribution in [3.05, 3.63) is 59.5 Å². The molecule has 0 spiro atoms. The third kappa shape index (κ3) is 7.80. The van der Waals surface area contributed by atoms with Crippen LogP contribution in [-0.4, -0.2) is 12.2 Å². The first-order valence-corrected chi connectivity index (χ1v) is 7.41. The number of benzene rings is 2. The molecule has 0 heterocycles. The van der Waals surface area contributed by atoms with E-state index in [1.54, 1.807) is 12.1 Å².